The molecule has 0 saturated heterocycles. The van der Waals surface area contributed by atoms with Gasteiger partial charge in [-0.3, -0.25) is 9.36 Å². The number of alkyl halides is 1. The van der Waals surface area contributed by atoms with E-state index in [1.165, 1.54) is 32.4 Å². The second-order valence-corrected chi connectivity index (χ2v) is 10.7. The largest absolute Gasteiger partial charge is 0.465 e. The van der Waals surface area contributed by atoms with Crippen LogP contribution in [-0.2, 0) is 35.4 Å². The number of carbonyl (C=O) groups excluding carboxylic acids is 2. The third-order valence-corrected chi connectivity index (χ3v) is 7.72. The number of anilines is 2. The van der Waals surface area contributed by atoms with Crippen molar-refractivity contribution in [2.75, 3.05) is 25.3 Å². The molecule has 0 bridgehead atoms. The fourth-order valence-corrected chi connectivity index (χ4v) is 5.12. The Balaban J connectivity index is 0.000000176. The Hall–Kier alpha value is -5.30. The van der Waals surface area contributed by atoms with Crippen molar-refractivity contribution in [2.24, 2.45) is 14.1 Å². The van der Waals surface area contributed by atoms with Crippen LogP contribution in [0.4, 0.5) is 20.2 Å². The number of ether oxygens (including phenoxy) is 2. The molecule has 6 aromatic rings. The molecule has 47 heavy (non-hydrogen) atoms. The molecule has 4 aromatic carbocycles. The van der Waals surface area contributed by atoms with Gasteiger partial charge in [-0.05, 0) is 42.0 Å². The normalized spacial score (nSPS) is 10.4. The van der Waals surface area contributed by atoms with E-state index >= 15 is 0 Å². The number of fused-ring (bicyclic) bond motifs is 2. The summed E-state index contributed by atoms with van der Waals surface area (Å²) in [7, 11) is 6.28. The topological polar surface area (TPSA) is 126 Å². The number of nitrogens with zero attached hydrogens (tertiary/aromatic N) is 4. The lowest BCUT2D eigenvalue weighted by Crippen LogP contribution is -2.06. The fraction of sp³-hybridized carbons (Fsp3) is 0.176. The van der Waals surface area contributed by atoms with E-state index in [0.29, 0.717) is 23.0 Å². The highest BCUT2D eigenvalue weighted by Crippen LogP contribution is 2.24. The highest BCUT2D eigenvalue weighted by Gasteiger charge is 2.11. The standard InChI is InChI=1S/C17H16FN3O2.C9H8BrFO2.C8H9N3/c1-21-16-13(10-20-21)4-3-5-15(16)19-9-12-7-6-11(8-14(12)18)17(22)23-2;1-13-9(12)6-2-3-7(5-10)8(11)4-6;1-11-8-6(5-10-11)3-2-4-7(8)9/h3-8,10,19H,9H2,1-2H3;2-4H,5H2,1H3;2-5H,9H2,1H3. The summed E-state index contributed by atoms with van der Waals surface area (Å²) in [5, 5.41) is 14.1. The number of aryl methyl sites for hydroxylation is 2. The van der Waals surface area contributed by atoms with Gasteiger partial charge < -0.3 is 20.5 Å². The van der Waals surface area contributed by atoms with E-state index in [1.807, 2.05) is 56.7 Å². The number of methoxy groups -OCH3 is 2. The number of halogens is 3. The van der Waals surface area contributed by atoms with Crippen molar-refractivity contribution in [3.63, 3.8) is 0 Å². The van der Waals surface area contributed by atoms with Crippen molar-refractivity contribution < 1.29 is 27.8 Å². The van der Waals surface area contributed by atoms with Gasteiger partial charge in [-0.1, -0.05) is 52.3 Å². The highest BCUT2D eigenvalue weighted by atomic mass is 79.9. The zero-order chi connectivity index (χ0) is 34.1. The Labute approximate surface area is 278 Å². The predicted molar refractivity (Wildman–Crippen MR) is 181 cm³/mol. The Morgan fingerprint density at radius 3 is 1.81 bits per heavy atom. The van der Waals surface area contributed by atoms with E-state index < -0.39 is 23.6 Å². The SMILES string of the molecule is COC(=O)c1ccc(CBr)c(F)c1.COC(=O)c1ccc(CNc2cccc3cnn(C)c23)c(F)c1.Cn1ncc2cccc(N)c21. The Morgan fingerprint density at radius 1 is 0.787 bits per heavy atom. The number of rotatable bonds is 6. The van der Waals surface area contributed by atoms with E-state index in [0.717, 1.165) is 33.2 Å². The first-order valence-corrected chi connectivity index (χ1v) is 15.3. The molecule has 0 fully saturated rings. The third-order valence-electron chi connectivity index (χ3n) is 7.11. The lowest BCUT2D eigenvalue weighted by molar-refractivity contribution is 0.0591. The van der Waals surface area contributed by atoms with Gasteiger partial charge in [0.05, 0.1) is 60.1 Å². The Morgan fingerprint density at radius 2 is 1.30 bits per heavy atom. The molecule has 0 unspecified atom stereocenters. The van der Waals surface area contributed by atoms with Gasteiger partial charge in [0, 0.05) is 42.3 Å². The molecule has 10 nitrogen and oxygen atoms in total. The van der Waals surface area contributed by atoms with Gasteiger partial charge in [0.15, 0.2) is 0 Å². The predicted octanol–water partition coefficient (Wildman–Crippen LogP) is 6.77. The number of carbonyl (C=O) groups is 2. The van der Waals surface area contributed by atoms with E-state index in [-0.39, 0.29) is 11.1 Å². The van der Waals surface area contributed by atoms with E-state index in [1.54, 1.807) is 33.8 Å². The van der Waals surface area contributed by atoms with Gasteiger partial charge >= 0.3 is 11.9 Å². The minimum Gasteiger partial charge on any atom is -0.465 e. The van der Waals surface area contributed by atoms with Crippen LogP contribution in [0.15, 0.2) is 85.2 Å². The monoisotopic (exact) mass is 706 g/mol. The zero-order valence-corrected chi connectivity index (χ0v) is 27.7. The van der Waals surface area contributed by atoms with Gasteiger partial charge in [-0.2, -0.15) is 10.2 Å². The summed E-state index contributed by atoms with van der Waals surface area (Å²) in [6.45, 7) is 0.303. The molecular weight excluding hydrogens is 674 g/mol. The number of nitrogens with two attached hydrogens (primary N) is 1. The summed E-state index contributed by atoms with van der Waals surface area (Å²) < 4.78 is 39.8. The van der Waals surface area contributed by atoms with E-state index in [2.05, 4.69) is 40.9 Å². The highest BCUT2D eigenvalue weighted by molar-refractivity contribution is 9.08. The molecule has 3 N–H and O–H groups in total. The summed E-state index contributed by atoms with van der Waals surface area (Å²) in [6, 6.07) is 20.2. The number of benzene rings is 4. The van der Waals surface area contributed by atoms with Gasteiger partial charge in [0.25, 0.3) is 0 Å². The van der Waals surface area contributed by atoms with Gasteiger partial charge in [-0.25, -0.2) is 18.4 Å². The average Bonchev–Trinajstić information content (AvgIpc) is 3.66. The summed E-state index contributed by atoms with van der Waals surface area (Å²) in [5.74, 6) is -1.93. The zero-order valence-electron chi connectivity index (χ0n) is 26.1. The van der Waals surface area contributed by atoms with E-state index in [9.17, 15) is 18.4 Å². The number of hydrogen-bond acceptors (Lipinski definition) is 8. The number of esters is 2. The molecule has 2 aromatic heterocycles. The fourth-order valence-electron chi connectivity index (χ4n) is 4.67. The van der Waals surface area contributed by atoms with Crippen LogP contribution in [0.5, 0.6) is 0 Å². The van der Waals surface area contributed by atoms with Crippen LogP contribution < -0.4 is 11.1 Å². The molecule has 2 heterocycles. The second-order valence-electron chi connectivity index (χ2n) is 10.1. The number of aromatic nitrogens is 4. The maximum atomic E-state index is 14.1. The molecule has 0 aliphatic rings. The Kier molecular flexibility index (Phi) is 11.6. The molecule has 0 aliphatic carbocycles. The molecular formula is C34H33BrF2N6O4. The molecule has 0 radical (unpaired) electrons. The number of nitrogen functional groups attached to an aromatic ring is 1. The molecule has 0 aliphatic heterocycles. The van der Waals surface area contributed by atoms with Crippen LogP contribution in [0.1, 0.15) is 31.8 Å². The summed E-state index contributed by atoms with van der Waals surface area (Å²) in [6.07, 6.45) is 3.60. The molecule has 0 saturated carbocycles. The van der Waals surface area contributed by atoms with Crippen LogP contribution in [0.3, 0.4) is 0 Å². The molecule has 6 rings (SSSR count). The number of para-hydroxylation sites is 2. The van der Waals surface area contributed by atoms with Crippen LogP contribution in [-0.4, -0.2) is 45.7 Å². The second kappa shape index (κ2) is 15.8. The average molecular weight is 708 g/mol. The van der Waals surface area contributed by atoms with Crippen molar-refractivity contribution in [3.05, 3.63) is 119 Å². The van der Waals surface area contributed by atoms with Crippen molar-refractivity contribution in [2.45, 2.75) is 11.9 Å². The first-order valence-electron chi connectivity index (χ1n) is 14.2. The maximum absolute atomic E-state index is 14.1. The van der Waals surface area contributed by atoms with Crippen molar-refractivity contribution in [1.29, 1.82) is 0 Å². The minimum atomic E-state index is -0.553. The molecule has 0 atom stereocenters. The lowest BCUT2D eigenvalue weighted by Gasteiger charge is -2.10. The molecule has 13 heteroatoms. The van der Waals surface area contributed by atoms with Crippen LogP contribution in [0.25, 0.3) is 21.8 Å². The van der Waals surface area contributed by atoms with Gasteiger partial charge in [-0.15, -0.1) is 0 Å². The number of nitrogens with one attached hydrogen (secondary N) is 1. The smallest absolute Gasteiger partial charge is 0.337 e. The number of hydrogen-bond donors (Lipinski definition) is 2. The summed E-state index contributed by atoms with van der Waals surface area (Å²) in [4.78, 5) is 22.4. The first kappa shape index (κ1) is 34.6. The molecule has 0 amide bonds. The molecule has 244 valence electrons. The minimum absolute atomic E-state index is 0.197. The maximum Gasteiger partial charge on any atom is 0.337 e. The van der Waals surface area contributed by atoms with Crippen LogP contribution >= 0.6 is 15.9 Å². The first-order chi connectivity index (χ1) is 22.6. The van der Waals surface area contributed by atoms with Crippen molar-refractivity contribution in [3.8, 4) is 0 Å². The summed E-state index contributed by atoms with van der Waals surface area (Å²) >= 11 is 3.13. The Bertz CT molecular complexity index is 2030. The van der Waals surface area contributed by atoms with Gasteiger partial charge in [0.2, 0.25) is 0 Å². The third kappa shape index (κ3) is 8.30. The lowest BCUT2D eigenvalue weighted by atomic mass is 10.1. The van der Waals surface area contributed by atoms with Gasteiger partial charge in [0.1, 0.15) is 11.6 Å². The van der Waals surface area contributed by atoms with Crippen LogP contribution in [0, 0.1) is 11.6 Å². The van der Waals surface area contributed by atoms with Crippen LogP contribution in [0.2, 0.25) is 0 Å². The summed E-state index contributed by atoms with van der Waals surface area (Å²) in [5.41, 5.74) is 10.8. The van der Waals surface area contributed by atoms with Crippen molar-refractivity contribution in [1.82, 2.24) is 19.6 Å². The van der Waals surface area contributed by atoms with E-state index in [4.69, 9.17) is 5.73 Å². The molecule has 0 spiro atoms. The van der Waals surface area contributed by atoms with Crippen molar-refractivity contribution >= 4 is 61.0 Å². The quantitative estimate of drug-likeness (QED) is 0.110.